The van der Waals surface area contributed by atoms with Crippen molar-refractivity contribution in [3.8, 4) is 5.75 Å². The van der Waals surface area contributed by atoms with Crippen molar-refractivity contribution in [2.24, 2.45) is 0 Å². The number of carboxylic acid groups (broad SMARTS) is 1. The molecular weight excluding hydrogens is 1140 g/mol. The zero-order valence-electron chi connectivity index (χ0n) is 49.2. The van der Waals surface area contributed by atoms with Gasteiger partial charge in [-0.3, -0.25) is 23.7 Å². The minimum absolute atomic E-state index is 0.0268. The molecule has 0 unspecified atom stereocenters. The van der Waals surface area contributed by atoms with Gasteiger partial charge < -0.3 is 31.1 Å². The van der Waals surface area contributed by atoms with E-state index in [2.05, 4.69) is 104 Å². The van der Waals surface area contributed by atoms with E-state index in [4.69, 9.17) is 10.5 Å². The first-order chi connectivity index (χ1) is 40.8. The number of allylic oxidation sites excluding steroid dienone is 7. The first kappa shape index (κ1) is 62.2. The number of anilines is 3. The van der Waals surface area contributed by atoms with E-state index < -0.39 is 60.6 Å². The number of hydrogen-bond donors (Lipinski definition) is 7. The lowest BCUT2D eigenvalue weighted by atomic mass is 9.80. The Hall–Kier alpha value is -8.31. The summed E-state index contributed by atoms with van der Waals surface area (Å²) in [6, 6.07) is 24.3. The molecular formula is C64H74N9O11S2+. The van der Waals surface area contributed by atoms with Crippen LogP contribution in [0.1, 0.15) is 130 Å². The maximum atomic E-state index is 13.5. The molecule has 1 aliphatic carbocycles. The lowest BCUT2D eigenvalue weighted by Gasteiger charge is -2.27. The number of ether oxygens (including phenoxy) is 1. The molecule has 1 amide bonds. The number of carboxylic acids is 1. The largest absolute Gasteiger partial charge is 0.480 e. The minimum atomic E-state index is -4.33. The van der Waals surface area contributed by atoms with Crippen molar-refractivity contribution in [2.45, 2.75) is 128 Å². The number of aliphatic carboxylic acids is 1. The molecule has 9 rings (SSSR count). The van der Waals surface area contributed by atoms with E-state index in [9.17, 15) is 45.4 Å². The summed E-state index contributed by atoms with van der Waals surface area (Å²) in [6.45, 7) is 14.4. The maximum absolute atomic E-state index is 13.5. The summed E-state index contributed by atoms with van der Waals surface area (Å²) in [5.74, 6) is -1.66. The van der Waals surface area contributed by atoms with Crippen LogP contribution in [0.2, 0.25) is 0 Å². The average molecular weight is 1220 g/mol. The Balaban J connectivity index is 0.998. The third kappa shape index (κ3) is 14.7. The minimum Gasteiger partial charge on any atom is -0.480 e. The Morgan fingerprint density at radius 1 is 0.860 bits per heavy atom. The standard InChI is InChI=1S/C64H73N9O11S2/c1-7-8-9-31-72-52-27-15-40(2)34-49(52)63(3,4)54(72)29-21-43-13-12-14-44(22-30-55-64(5,6)50-35-42(39-86(81,82)83)18-28-53(50)73(55)32-10-11-33-85(78,79)80)57(43)84-48-25-16-41(17-26-48)36-51(61(76)77)69-59(74)45-19-23-46(24-20-45)66-37-47-38-67-58-56(68-47)60(75)71-62(65)70-58/h15-30,34-35,38,51H,7-14,31-33,36-37,39H2,1-6H3,(H7-,65,66,67,69,70,71,74,75,76,77,78,79,80,81,82,83)/p+1/t51-/m0/s1/i16+1,17+1,25+1,26+1,36+1,41+1,48+1,51+1,61+1. The number of aromatic amines is 1. The summed E-state index contributed by atoms with van der Waals surface area (Å²) in [6.07, 6.45) is 16.0. The molecule has 452 valence electrons. The van der Waals surface area contributed by atoms with Crippen LogP contribution >= 0.6 is 0 Å². The van der Waals surface area contributed by atoms with E-state index in [1.807, 2.05) is 26.0 Å². The number of nitrogen functional groups attached to an aromatic ring is 1. The quantitative estimate of drug-likeness (QED) is 0.0128. The lowest BCUT2D eigenvalue weighted by molar-refractivity contribution is -0.438. The molecule has 4 aromatic carbocycles. The second kappa shape index (κ2) is 25.7. The van der Waals surface area contributed by atoms with Crippen LogP contribution in [0.25, 0.3) is 11.2 Å². The number of hydrogen-bond acceptors (Lipinski definition) is 14. The van der Waals surface area contributed by atoms with Gasteiger partial charge in [-0.15, -0.1) is 0 Å². The van der Waals surface area contributed by atoms with Gasteiger partial charge in [0, 0.05) is 65.1 Å². The monoisotopic (exact) mass is 1220 g/mol. The zero-order chi connectivity index (χ0) is 61.7. The van der Waals surface area contributed by atoms with E-state index in [1.54, 1.807) is 60.7 Å². The highest BCUT2D eigenvalue weighted by Crippen LogP contribution is 2.49. The number of carbonyl (C=O) groups excluding carboxylic acids is 1. The van der Waals surface area contributed by atoms with Crippen molar-refractivity contribution < 1.29 is 49.9 Å². The SMILES string of the molecule is CCCCCN1/C(=C/C=C2\CCCC(/C=C/C3=[N+](CCCCS(=O)(=O)O)c4ccc(CS(=O)(=O)O)cc4C3(C)C)=C2O[13c]2[13cH][13cH][13c]([13CH2][13C@H](NC(=O)c3ccc(NCc4cnc5nc(N)[nH]c(=O)c5n4)cc3)[13C](=O)O)[13cH][13cH]2)C(C)(C)c2cc(C)ccc21. The van der Waals surface area contributed by atoms with Crippen molar-refractivity contribution in [3.63, 3.8) is 0 Å². The number of aryl methyl sites for hydroxylation is 1. The maximum Gasteiger partial charge on any atom is 0.326 e. The topological polar surface area (TPSA) is 300 Å². The predicted octanol–water partition coefficient (Wildman–Crippen LogP) is 9.95. The van der Waals surface area contributed by atoms with E-state index in [1.165, 1.54) is 28.7 Å². The zero-order valence-corrected chi connectivity index (χ0v) is 50.8. The van der Waals surface area contributed by atoms with Crippen molar-refractivity contribution in [3.05, 3.63) is 187 Å². The van der Waals surface area contributed by atoms with Crippen molar-refractivity contribution in [2.75, 3.05) is 34.8 Å². The third-order valence-corrected chi connectivity index (χ3v) is 17.5. The van der Waals surface area contributed by atoms with Gasteiger partial charge in [0.1, 0.15) is 29.8 Å². The normalized spacial score (nSPS) is 17.0. The average Bonchev–Trinajstić information content (AvgIpc) is 1.65. The molecule has 22 heteroatoms. The van der Waals surface area contributed by atoms with Gasteiger partial charge in [-0.05, 0) is 141 Å². The fourth-order valence-corrected chi connectivity index (χ4v) is 12.7. The van der Waals surface area contributed by atoms with E-state index >= 15 is 0 Å². The summed E-state index contributed by atoms with van der Waals surface area (Å²) in [5.41, 5.74) is 15.9. The Morgan fingerprint density at radius 3 is 2.31 bits per heavy atom. The highest BCUT2D eigenvalue weighted by Gasteiger charge is 2.45. The molecule has 86 heavy (non-hydrogen) atoms. The van der Waals surface area contributed by atoms with E-state index in [-0.39, 0.29) is 47.5 Å². The fraction of sp³-hybridized carbons (Fsp3) is 0.359. The smallest absolute Gasteiger partial charge is 0.326 e. The van der Waals surface area contributed by atoms with Gasteiger partial charge in [0.2, 0.25) is 11.6 Å². The number of benzene rings is 4. The van der Waals surface area contributed by atoms with Crippen LogP contribution in [0.5, 0.6) is 5.75 Å². The molecule has 1 atom stereocenters. The molecule has 2 aromatic heterocycles. The van der Waals surface area contributed by atoms with Crippen LogP contribution < -0.4 is 31.6 Å². The highest BCUT2D eigenvalue weighted by molar-refractivity contribution is 7.85. The van der Waals surface area contributed by atoms with Crippen LogP contribution in [0.15, 0.2) is 143 Å². The Morgan fingerprint density at radius 2 is 1.60 bits per heavy atom. The van der Waals surface area contributed by atoms with Gasteiger partial charge >= 0.3 is 5.97 Å². The van der Waals surface area contributed by atoms with Gasteiger partial charge in [-0.25, -0.2) is 14.8 Å². The number of fused-ring (bicyclic) bond motifs is 3. The first-order valence-corrected chi connectivity index (χ1v) is 32.1. The van der Waals surface area contributed by atoms with Crippen LogP contribution in [0.4, 0.5) is 23.0 Å². The van der Waals surface area contributed by atoms with Gasteiger partial charge in [0.05, 0.1) is 29.6 Å². The van der Waals surface area contributed by atoms with Crippen LogP contribution in [-0.4, -0.2) is 98.0 Å². The fourth-order valence-electron chi connectivity index (χ4n) is 11.6. The van der Waals surface area contributed by atoms with Gasteiger partial charge in [-0.2, -0.15) is 26.4 Å². The second-order valence-corrected chi connectivity index (χ2v) is 26.3. The molecule has 20 nitrogen and oxygen atoms in total. The second-order valence-electron chi connectivity index (χ2n) is 23.3. The molecule has 4 heterocycles. The number of H-pyrrole nitrogens is 1. The Labute approximate surface area is 501 Å². The number of aromatic nitrogens is 4. The number of unbranched alkanes of at least 4 members (excludes halogenated alkanes) is 3. The van der Waals surface area contributed by atoms with Gasteiger partial charge in [0.25, 0.3) is 31.7 Å². The number of nitrogens with zero attached hydrogens (tertiary/aromatic N) is 5. The van der Waals surface area contributed by atoms with Crippen molar-refractivity contribution in [1.82, 2.24) is 25.3 Å². The molecule has 0 bridgehead atoms. The van der Waals surface area contributed by atoms with Crippen LogP contribution in [0.3, 0.4) is 0 Å². The lowest BCUT2D eigenvalue weighted by Crippen LogP contribution is -2.42. The van der Waals surface area contributed by atoms with E-state index in [0.29, 0.717) is 59.8 Å². The molecule has 0 saturated carbocycles. The summed E-state index contributed by atoms with van der Waals surface area (Å²) in [5, 5.41) is 16.2. The molecule has 0 spiro atoms. The summed E-state index contributed by atoms with van der Waals surface area (Å²) >= 11 is 0. The summed E-state index contributed by atoms with van der Waals surface area (Å²) in [7, 11) is -8.52. The molecule has 8 N–H and O–H groups in total. The summed E-state index contributed by atoms with van der Waals surface area (Å²) < 4.78 is 75.9. The third-order valence-electron chi connectivity index (χ3n) is 16.0. The molecule has 3 aliphatic rings. The van der Waals surface area contributed by atoms with Crippen molar-refractivity contribution in [1.29, 1.82) is 0 Å². The molecule has 0 fully saturated rings. The number of rotatable bonds is 24. The van der Waals surface area contributed by atoms with Crippen LogP contribution in [-0.2, 0) is 54.6 Å². The first-order valence-electron chi connectivity index (χ1n) is 28.8. The molecule has 2 aliphatic heterocycles. The predicted molar refractivity (Wildman–Crippen MR) is 333 cm³/mol. The van der Waals surface area contributed by atoms with Gasteiger partial charge in [0.15, 0.2) is 16.9 Å². The van der Waals surface area contributed by atoms with E-state index in [0.717, 1.165) is 60.3 Å². The van der Waals surface area contributed by atoms with Crippen molar-refractivity contribution >= 4 is 72.0 Å². The summed E-state index contributed by atoms with van der Waals surface area (Å²) in [4.78, 5) is 55.9. The molecule has 0 saturated heterocycles. The molecule has 0 radical (unpaired) electrons. The molecule has 6 aromatic rings. The van der Waals surface area contributed by atoms with Crippen LogP contribution in [0, 0.1) is 6.92 Å². The Bertz CT molecular complexity index is 4060. The Kier molecular flexibility index (Phi) is 18.6. The number of carbonyl (C=O) groups is 2. The number of nitrogens with two attached hydrogens (primary N) is 1. The number of amides is 1. The number of nitrogens with one attached hydrogen (secondary N) is 3. The van der Waals surface area contributed by atoms with Gasteiger partial charge in [-0.1, -0.05) is 75.6 Å². The highest BCUT2D eigenvalue weighted by atomic mass is 32.2.